The summed E-state index contributed by atoms with van der Waals surface area (Å²) in [7, 11) is -3.36. The molecule has 2 aliphatic heterocycles. The van der Waals surface area contributed by atoms with E-state index in [1.165, 1.54) is 62.8 Å². The Morgan fingerprint density at radius 1 is 0.565 bits per heavy atom. The highest BCUT2D eigenvalue weighted by Crippen LogP contribution is 2.44. The van der Waals surface area contributed by atoms with Crippen LogP contribution in [-0.2, 0) is 38.8 Å². The average molecular weight is 973 g/mol. The predicted molar refractivity (Wildman–Crippen MR) is 242 cm³/mol. The van der Waals surface area contributed by atoms with Crippen LogP contribution >= 0.6 is 0 Å². The number of phenolic OH excluding ortho intramolecular Hbond substituents is 1. The predicted octanol–water partition coefficient (Wildman–Crippen LogP) is 9.52. The molecule has 0 radical (unpaired) electrons. The van der Waals surface area contributed by atoms with Crippen LogP contribution in [0.1, 0.15) is 48.4 Å². The largest absolute Gasteiger partial charge is 0.534 e. The Morgan fingerprint density at radius 2 is 0.957 bits per heavy atom. The zero-order chi connectivity index (χ0) is 51.6. The van der Waals surface area contributed by atoms with Crippen molar-refractivity contribution in [3.8, 4) is 56.4 Å². The van der Waals surface area contributed by atoms with Gasteiger partial charge in [0, 0.05) is 57.3 Å². The van der Waals surface area contributed by atoms with E-state index in [9.17, 15) is 45.9 Å². The lowest BCUT2D eigenvalue weighted by Gasteiger charge is -2.17. The van der Waals surface area contributed by atoms with Crippen LogP contribution in [0.3, 0.4) is 0 Å². The summed E-state index contributed by atoms with van der Waals surface area (Å²) in [5, 5.41) is 10.8. The van der Waals surface area contributed by atoms with Gasteiger partial charge in [0.25, 0.3) is 0 Å². The summed E-state index contributed by atoms with van der Waals surface area (Å²) in [4.78, 5) is 80.8. The van der Waals surface area contributed by atoms with Crippen molar-refractivity contribution in [2.24, 2.45) is 0 Å². The summed E-state index contributed by atoms with van der Waals surface area (Å²) < 4.78 is 86.3. The van der Waals surface area contributed by atoms with Gasteiger partial charge >= 0.3 is 39.9 Å². The van der Waals surface area contributed by atoms with Crippen LogP contribution in [0.4, 0.5) is 13.2 Å². The lowest BCUT2D eigenvalue weighted by atomic mass is 9.91. The quantitative estimate of drug-likeness (QED) is 0.0705. The molecule has 4 aromatic carbocycles. The first-order valence-electron chi connectivity index (χ1n) is 20.0. The third-order valence-electron chi connectivity index (χ3n) is 9.03. The normalized spacial score (nSPS) is 10.3. The summed E-state index contributed by atoms with van der Waals surface area (Å²) in [5.41, 5.74) is -1.89. The fourth-order valence-electron chi connectivity index (χ4n) is 6.49. The van der Waals surface area contributed by atoms with Gasteiger partial charge < -0.3 is 27.6 Å². The summed E-state index contributed by atoms with van der Waals surface area (Å²) in [6.07, 6.45) is 0.500. The summed E-state index contributed by atoms with van der Waals surface area (Å²) in [6.45, 7) is 8.00. The van der Waals surface area contributed by atoms with E-state index in [0.29, 0.717) is 55.5 Å². The topological polar surface area (TPSA) is 245 Å². The van der Waals surface area contributed by atoms with E-state index in [1.807, 2.05) is 39.8 Å². The second-order valence-electron chi connectivity index (χ2n) is 12.8. The van der Waals surface area contributed by atoms with E-state index in [1.54, 1.807) is 48.5 Å². The number of ether oxygens (including phenoxy) is 2. The fourth-order valence-corrected chi connectivity index (χ4v) is 6.95. The number of alkyl halides is 3. The SMILES string of the molecule is CC.CC.COC(=O)c1ccccc1-c1c2ccc(=O)cc-2oc2cc(O)ccc12.COC(=O)c1ccccc1-c1c2ccc(=O)cc-2oc2cc(OS(=O)(=O)C(F)(F)F)ccc12.O=C=O.O=C=O. The Labute approximate surface area is 389 Å². The van der Waals surface area contributed by atoms with Crippen molar-refractivity contribution in [2.75, 3.05) is 14.2 Å². The number of carbonyl (C=O) groups excluding carboxylic acids is 6. The van der Waals surface area contributed by atoms with Crippen molar-refractivity contribution < 1.29 is 78.0 Å². The zero-order valence-corrected chi connectivity index (χ0v) is 38.0. The number of fused-ring (bicyclic) bond motifs is 4. The Morgan fingerprint density at radius 3 is 1.36 bits per heavy atom. The van der Waals surface area contributed by atoms with Gasteiger partial charge in [0.2, 0.25) is 0 Å². The lowest BCUT2D eigenvalue weighted by Crippen LogP contribution is -2.28. The molecule has 0 amide bonds. The van der Waals surface area contributed by atoms with Crippen molar-refractivity contribution in [1.29, 1.82) is 0 Å². The van der Waals surface area contributed by atoms with Gasteiger partial charge in [-0.25, -0.2) is 9.59 Å². The standard InChI is InChI=1S/C22H13F3O7S.C21H14O5.2C2H6.2CO2/c1-30-21(27)15-5-3-2-4-14(15)20-16-8-6-12(26)10-18(16)31-19-11-13(7-9-17(19)20)32-33(28,29)22(23,24)25;1-25-21(24)15-5-3-2-4-14(15)20-16-8-6-12(22)10-18(16)26-19-11-13(23)7-9-17(19)20;2*1-2;2*2-1-3/h2-11H,1H3;2-11,22H,1H3;2*1-2H3;;. The van der Waals surface area contributed by atoms with E-state index in [2.05, 4.69) is 4.18 Å². The molecule has 358 valence electrons. The number of esters is 2. The first-order chi connectivity index (χ1) is 32.9. The summed E-state index contributed by atoms with van der Waals surface area (Å²) in [6, 6.07) is 30.0. The van der Waals surface area contributed by atoms with E-state index >= 15 is 0 Å². The number of carbonyl (C=O) groups is 2. The molecule has 20 heteroatoms. The minimum Gasteiger partial charge on any atom is -0.508 e. The van der Waals surface area contributed by atoms with Gasteiger partial charge in [-0.15, -0.1) is 0 Å². The van der Waals surface area contributed by atoms with E-state index in [0.717, 1.165) is 17.7 Å². The molecule has 2 heterocycles. The molecule has 2 aliphatic carbocycles. The summed E-state index contributed by atoms with van der Waals surface area (Å²) in [5.74, 6) is -1.24. The highest BCUT2D eigenvalue weighted by Gasteiger charge is 2.48. The van der Waals surface area contributed by atoms with Crippen LogP contribution in [0.15, 0.2) is 140 Å². The van der Waals surface area contributed by atoms with Crippen LogP contribution in [0.5, 0.6) is 11.5 Å². The minimum atomic E-state index is -5.91. The Balaban J connectivity index is 0.000000313. The molecule has 0 saturated carbocycles. The molecule has 4 aliphatic rings. The maximum Gasteiger partial charge on any atom is 0.534 e. The molecule has 0 atom stereocenters. The molecular weight excluding hydrogens is 934 g/mol. The average Bonchev–Trinajstić information content (AvgIpc) is 3.33. The molecule has 4 aromatic rings. The number of methoxy groups -OCH3 is 2. The van der Waals surface area contributed by atoms with E-state index in [4.69, 9.17) is 37.5 Å². The number of hydrogen-bond donors (Lipinski definition) is 1. The smallest absolute Gasteiger partial charge is 0.508 e. The Kier molecular flexibility index (Phi) is 19.6. The minimum absolute atomic E-state index is 0.0473. The molecule has 0 fully saturated rings. The molecule has 0 saturated heterocycles. The highest BCUT2D eigenvalue weighted by atomic mass is 32.2. The molecule has 1 N–H and O–H groups in total. The molecule has 16 nitrogen and oxygen atoms in total. The van der Waals surface area contributed by atoms with Gasteiger partial charge in [-0.3, -0.25) is 9.59 Å². The number of hydrogen-bond acceptors (Lipinski definition) is 16. The highest BCUT2D eigenvalue weighted by molar-refractivity contribution is 7.88. The first-order valence-corrected chi connectivity index (χ1v) is 21.4. The number of aromatic hydroxyl groups is 1. The van der Waals surface area contributed by atoms with Gasteiger partial charge in [0.05, 0.1) is 25.3 Å². The Hall–Kier alpha value is -8.70. The van der Waals surface area contributed by atoms with Crippen molar-refractivity contribution >= 4 is 56.3 Å². The van der Waals surface area contributed by atoms with Gasteiger partial charge in [-0.1, -0.05) is 64.1 Å². The third-order valence-corrected chi connectivity index (χ3v) is 10.0. The molecule has 0 spiro atoms. The fraction of sp³-hybridized carbons (Fsp3) is 0.143. The van der Waals surface area contributed by atoms with Crippen molar-refractivity contribution in [1.82, 2.24) is 0 Å². The molecule has 8 rings (SSSR count). The van der Waals surface area contributed by atoms with Gasteiger partial charge in [-0.05, 0) is 71.8 Å². The maximum atomic E-state index is 12.7. The molecule has 0 aromatic heterocycles. The number of halogens is 3. The van der Waals surface area contributed by atoms with Crippen molar-refractivity contribution in [3.63, 3.8) is 0 Å². The Bertz CT molecular complexity index is 3310. The second kappa shape index (κ2) is 24.7. The maximum absolute atomic E-state index is 12.7. The van der Waals surface area contributed by atoms with Crippen LogP contribution in [0.25, 0.3) is 66.8 Å². The molecule has 0 bridgehead atoms. The van der Waals surface area contributed by atoms with Gasteiger partial charge in [0.15, 0.2) is 10.9 Å². The summed E-state index contributed by atoms with van der Waals surface area (Å²) >= 11 is 0. The van der Waals surface area contributed by atoms with E-state index in [-0.39, 0.29) is 40.4 Å². The number of phenols is 1. The van der Waals surface area contributed by atoms with Crippen LogP contribution < -0.4 is 15.0 Å². The first kappa shape index (κ1) is 54.6. The molecule has 69 heavy (non-hydrogen) atoms. The van der Waals surface area contributed by atoms with Crippen LogP contribution in [-0.4, -0.2) is 57.5 Å². The van der Waals surface area contributed by atoms with Crippen molar-refractivity contribution in [3.05, 3.63) is 153 Å². The van der Waals surface area contributed by atoms with Crippen LogP contribution in [0, 0.1) is 0 Å². The van der Waals surface area contributed by atoms with Gasteiger partial charge in [0.1, 0.15) is 34.2 Å². The molecular formula is C49H39F3O16S. The second-order valence-corrected chi connectivity index (χ2v) is 14.4. The number of rotatable bonds is 6. The third kappa shape index (κ3) is 12.8. The lowest BCUT2D eigenvalue weighted by molar-refractivity contribution is -0.193. The molecule has 0 unspecified atom stereocenters. The number of benzene rings is 6. The van der Waals surface area contributed by atoms with Crippen LogP contribution in [0.2, 0.25) is 0 Å². The van der Waals surface area contributed by atoms with Crippen molar-refractivity contribution in [2.45, 2.75) is 33.2 Å². The van der Waals surface area contributed by atoms with Gasteiger partial charge in [-0.2, -0.15) is 40.8 Å². The van der Waals surface area contributed by atoms with E-state index < -0.39 is 38.7 Å². The zero-order valence-electron chi connectivity index (χ0n) is 37.2. The monoisotopic (exact) mass is 972 g/mol.